The highest BCUT2D eigenvalue weighted by molar-refractivity contribution is 4.83. The number of ether oxygens (including phenoxy) is 1. The Bertz CT molecular complexity index is 186. The van der Waals surface area contributed by atoms with Gasteiger partial charge < -0.3 is 15.4 Å². The Morgan fingerprint density at radius 1 is 1.36 bits per heavy atom. The smallest absolute Gasteiger partial charge is 0.0621 e. The van der Waals surface area contributed by atoms with Crippen LogP contribution in [0.4, 0.5) is 0 Å². The van der Waals surface area contributed by atoms with Crippen molar-refractivity contribution in [1.82, 2.24) is 4.90 Å². The van der Waals surface area contributed by atoms with E-state index in [-0.39, 0.29) is 6.04 Å². The van der Waals surface area contributed by atoms with E-state index in [1.54, 1.807) is 0 Å². The van der Waals surface area contributed by atoms with Crippen LogP contribution in [0.15, 0.2) is 0 Å². The molecule has 0 aromatic carbocycles. The Labute approximate surface area is 86.6 Å². The quantitative estimate of drug-likeness (QED) is 0.714. The van der Waals surface area contributed by atoms with Gasteiger partial charge in [-0.25, -0.2) is 0 Å². The van der Waals surface area contributed by atoms with Crippen molar-refractivity contribution in [3.05, 3.63) is 0 Å². The van der Waals surface area contributed by atoms with Gasteiger partial charge in [-0.05, 0) is 26.3 Å². The normalized spacial score (nSPS) is 40.3. The second-order valence-electron chi connectivity index (χ2n) is 4.80. The molecule has 82 valence electrons. The molecule has 2 saturated heterocycles. The van der Waals surface area contributed by atoms with Crippen LogP contribution in [0.5, 0.6) is 0 Å². The fourth-order valence-corrected chi connectivity index (χ4v) is 2.53. The van der Waals surface area contributed by atoms with E-state index in [4.69, 9.17) is 10.5 Å². The van der Waals surface area contributed by atoms with Crippen molar-refractivity contribution in [2.24, 2.45) is 11.7 Å². The minimum atomic E-state index is 0.268. The molecule has 0 aromatic rings. The topological polar surface area (TPSA) is 38.5 Å². The maximum atomic E-state index is 5.99. The maximum absolute atomic E-state index is 5.99. The molecule has 2 aliphatic heterocycles. The van der Waals surface area contributed by atoms with Crippen LogP contribution in [0.1, 0.15) is 26.2 Å². The van der Waals surface area contributed by atoms with Gasteiger partial charge in [-0.2, -0.15) is 0 Å². The molecule has 3 nitrogen and oxygen atoms in total. The SMILES string of the molecule is CC1CCCCN1CC1COCC1N. The summed E-state index contributed by atoms with van der Waals surface area (Å²) in [7, 11) is 0. The first-order valence-corrected chi connectivity index (χ1v) is 5.85. The molecule has 2 fully saturated rings. The van der Waals surface area contributed by atoms with Crippen molar-refractivity contribution in [2.75, 3.05) is 26.3 Å². The lowest BCUT2D eigenvalue weighted by Gasteiger charge is -2.35. The molecule has 3 heteroatoms. The van der Waals surface area contributed by atoms with Gasteiger partial charge in [-0.15, -0.1) is 0 Å². The van der Waals surface area contributed by atoms with Crippen molar-refractivity contribution >= 4 is 0 Å². The molecule has 0 radical (unpaired) electrons. The predicted molar refractivity (Wildman–Crippen MR) is 57.2 cm³/mol. The number of piperidine rings is 1. The molecular formula is C11H22N2O. The Morgan fingerprint density at radius 3 is 2.86 bits per heavy atom. The number of nitrogens with two attached hydrogens (primary N) is 1. The van der Waals surface area contributed by atoms with Gasteiger partial charge in [-0.3, -0.25) is 0 Å². The molecule has 3 unspecified atom stereocenters. The van der Waals surface area contributed by atoms with E-state index in [1.807, 2.05) is 0 Å². The predicted octanol–water partition coefficient (Wildman–Crippen LogP) is 0.835. The molecule has 0 aliphatic carbocycles. The van der Waals surface area contributed by atoms with Crippen molar-refractivity contribution < 1.29 is 4.74 Å². The molecule has 2 aliphatic rings. The first kappa shape index (κ1) is 10.4. The van der Waals surface area contributed by atoms with Crippen LogP contribution < -0.4 is 5.73 Å². The molecule has 2 rings (SSSR count). The van der Waals surface area contributed by atoms with Gasteiger partial charge in [0.2, 0.25) is 0 Å². The standard InChI is InChI=1S/C11H22N2O/c1-9-4-2-3-5-13(9)6-10-7-14-8-11(10)12/h9-11H,2-8,12H2,1H3. The van der Waals surface area contributed by atoms with Crippen LogP contribution in [0.3, 0.4) is 0 Å². The fourth-order valence-electron chi connectivity index (χ4n) is 2.53. The van der Waals surface area contributed by atoms with E-state index in [2.05, 4.69) is 11.8 Å². The van der Waals surface area contributed by atoms with Gasteiger partial charge in [0.25, 0.3) is 0 Å². The van der Waals surface area contributed by atoms with Crippen molar-refractivity contribution in [2.45, 2.75) is 38.3 Å². The molecule has 0 amide bonds. The number of rotatable bonds is 2. The van der Waals surface area contributed by atoms with Gasteiger partial charge in [0, 0.05) is 24.5 Å². The van der Waals surface area contributed by atoms with Crippen LogP contribution in [0.25, 0.3) is 0 Å². The highest BCUT2D eigenvalue weighted by Crippen LogP contribution is 2.20. The zero-order valence-electron chi connectivity index (χ0n) is 9.11. The summed E-state index contributed by atoms with van der Waals surface area (Å²) in [4.78, 5) is 2.59. The Balaban J connectivity index is 1.83. The highest BCUT2D eigenvalue weighted by Gasteiger charge is 2.29. The van der Waals surface area contributed by atoms with E-state index in [0.29, 0.717) is 5.92 Å². The average Bonchev–Trinajstić information content (AvgIpc) is 2.56. The maximum Gasteiger partial charge on any atom is 0.0621 e. The molecular weight excluding hydrogens is 176 g/mol. The molecule has 0 aromatic heterocycles. The molecule has 0 spiro atoms. The lowest BCUT2D eigenvalue weighted by atomic mass is 9.99. The first-order chi connectivity index (χ1) is 6.77. The third-order valence-corrected chi connectivity index (χ3v) is 3.66. The van der Waals surface area contributed by atoms with E-state index >= 15 is 0 Å². The zero-order valence-corrected chi connectivity index (χ0v) is 9.11. The van der Waals surface area contributed by atoms with Gasteiger partial charge >= 0.3 is 0 Å². The van der Waals surface area contributed by atoms with E-state index in [9.17, 15) is 0 Å². The summed E-state index contributed by atoms with van der Waals surface area (Å²) in [5.74, 6) is 0.565. The second kappa shape index (κ2) is 4.60. The minimum absolute atomic E-state index is 0.268. The summed E-state index contributed by atoms with van der Waals surface area (Å²) in [6.45, 7) is 6.35. The van der Waals surface area contributed by atoms with Crippen LogP contribution in [-0.4, -0.2) is 43.3 Å². The Morgan fingerprint density at radius 2 is 2.21 bits per heavy atom. The molecule has 0 bridgehead atoms. The average molecular weight is 198 g/mol. The van der Waals surface area contributed by atoms with E-state index < -0.39 is 0 Å². The minimum Gasteiger partial charge on any atom is -0.379 e. The summed E-state index contributed by atoms with van der Waals surface area (Å²) in [5.41, 5.74) is 5.99. The summed E-state index contributed by atoms with van der Waals surface area (Å²) in [6.07, 6.45) is 4.10. The Hall–Kier alpha value is -0.120. The molecule has 0 saturated carbocycles. The highest BCUT2D eigenvalue weighted by atomic mass is 16.5. The lowest BCUT2D eigenvalue weighted by molar-refractivity contribution is 0.122. The molecule has 2 N–H and O–H groups in total. The third-order valence-electron chi connectivity index (χ3n) is 3.66. The monoisotopic (exact) mass is 198 g/mol. The molecule has 3 atom stereocenters. The fraction of sp³-hybridized carbons (Fsp3) is 1.00. The van der Waals surface area contributed by atoms with E-state index in [1.165, 1.54) is 25.8 Å². The largest absolute Gasteiger partial charge is 0.379 e. The lowest BCUT2D eigenvalue weighted by Crippen LogP contribution is -2.44. The second-order valence-corrected chi connectivity index (χ2v) is 4.80. The van der Waals surface area contributed by atoms with Gasteiger partial charge in [-0.1, -0.05) is 6.42 Å². The molecule has 14 heavy (non-hydrogen) atoms. The van der Waals surface area contributed by atoms with Crippen molar-refractivity contribution in [3.8, 4) is 0 Å². The summed E-state index contributed by atoms with van der Waals surface area (Å²) >= 11 is 0. The Kier molecular flexibility index (Phi) is 3.42. The van der Waals surface area contributed by atoms with Gasteiger partial charge in [0.15, 0.2) is 0 Å². The van der Waals surface area contributed by atoms with Crippen molar-refractivity contribution in [3.63, 3.8) is 0 Å². The van der Waals surface area contributed by atoms with Crippen LogP contribution in [0.2, 0.25) is 0 Å². The number of hydrogen-bond acceptors (Lipinski definition) is 3. The third kappa shape index (κ3) is 2.27. The van der Waals surface area contributed by atoms with Gasteiger partial charge in [0.05, 0.1) is 13.2 Å². The van der Waals surface area contributed by atoms with Crippen LogP contribution in [0, 0.1) is 5.92 Å². The number of hydrogen-bond donors (Lipinski definition) is 1. The van der Waals surface area contributed by atoms with Crippen LogP contribution >= 0.6 is 0 Å². The molecule has 2 heterocycles. The van der Waals surface area contributed by atoms with Crippen LogP contribution in [-0.2, 0) is 4.74 Å². The number of likely N-dealkylation sites (tertiary alicyclic amines) is 1. The van der Waals surface area contributed by atoms with E-state index in [0.717, 1.165) is 25.8 Å². The number of nitrogens with zero attached hydrogens (tertiary/aromatic N) is 1. The summed E-state index contributed by atoms with van der Waals surface area (Å²) in [6, 6.07) is 1.01. The van der Waals surface area contributed by atoms with Crippen molar-refractivity contribution in [1.29, 1.82) is 0 Å². The zero-order chi connectivity index (χ0) is 9.97. The first-order valence-electron chi connectivity index (χ1n) is 5.85. The summed E-state index contributed by atoms with van der Waals surface area (Å²) < 4.78 is 5.39. The summed E-state index contributed by atoms with van der Waals surface area (Å²) in [5, 5.41) is 0. The van der Waals surface area contributed by atoms with Gasteiger partial charge in [0.1, 0.15) is 0 Å².